The van der Waals surface area contributed by atoms with Gasteiger partial charge in [-0.1, -0.05) is 0 Å². The first kappa shape index (κ1) is 23.8. The Morgan fingerprint density at radius 2 is 0.952 bits per heavy atom. The first-order valence-electron chi connectivity index (χ1n) is 4.83. The number of ketones is 2. The van der Waals surface area contributed by atoms with Crippen LogP contribution < -0.4 is 10.2 Å². The Kier molecular flexibility index (Phi) is 14.4. The molecule has 0 aliphatic heterocycles. The number of carbonyl (C=O) groups excluding carboxylic acids is 6. The van der Waals surface area contributed by atoms with Gasteiger partial charge in [0.05, 0.1) is 0 Å². The molecule has 0 saturated carbocycles. The van der Waals surface area contributed by atoms with Gasteiger partial charge in [-0.05, 0) is 0 Å². The topological polar surface area (TPSA) is 167 Å². The molecule has 0 N–H and O–H groups in total. The van der Waals surface area contributed by atoms with E-state index in [2.05, 4.69) is 9.47 Å². The molecule has 120 valence electrons. The zero-order valence-electron chi connectivity index (χ0n) is 10.8. The van der Waals surface area contributed by atoms with Gasteiger partial charge in [0, 0.05) is 13.8 Å². The van der Waals surface area contributed by atoms with E-state index >= 15 is 0 Å². The normalized spacial score (nSPS) is 8.10. The van der Waals surface area contributed by atoms with Gasteiger partial charge in [-0.2, -0.15) is 0 Å². The molecule has 0 unspecified atom stereocenters. The fourth-order valence-electron chi connectivity index (χ4n) is 0.452. The van der Waals surface area contributed by atoms with Gasteiger partial charge in [-0.15, -0.1) is 0 Å². The van der Waals surface area contributed by atoms with Crippen LogP contribution in [0.5, 0.6) is 0 Å². The van der Waals surface area contributed by atoms with Crippen LogP contribution in [0.25, 0.3) is 0 Å². The molecule has 0 heterocycles. The SMILES string of the molecule is CC(=O)OCC(=O)C(=O)[O-].CC(=O)OCC(=O)C(=O)[O-].[Ni+2]. The van der Waals surface area contributed by atoms with Crippen LogP contribution in [-0.4, -0.2) is 48.7 Å². The van der Waals surface area contributed by atoms with Gasteiger partial charge in [0.1, 0.15) is 11.9 Å². The van der Waals surface area contributed by atoms with Crippen LogP contribution in [0.3, 0.4) is 0 Å². The molecular weight excluding hydrogens is 339 g/mol. The van der Waals surface area contributed by atoms with E-state index in [9.17, 15) is 39.0 Å². The summed E-state index contributed by atoms with van der Waals surface area (Å²) >= 11 is 0. The van der Waals surface area contributed by atoms with E-state index in [1.807, 2.05) is 0 Å². The van der Waals surface area contributed by atoms with Crippen molar-refractivity contribution >= 4 is 35.4 Å². The van der Waals surface area contributed by atoms with Crippen molar-refractivity contribution in [2.45, 2.75) is 13.8 Å². The smallest absolute Gasteiger partial charge is 0.542 e. The van der Waals surface area contributed by atoms with Gasteiger partial charge < -0.3 is 29.3 Å². The van der Waals surface area contributed by atoms with Crippen molar-refractivity contribution in [3.63, 3.8) is 0 Å². The van der Waals surface area contributed by atoms with E-state index in [4.69, 9.17) is 0 Å². The minimum atomic E-state index is -1.85. The maximum atomic E-state index is 10.1. The number of esters is 2. The fraction of sp³-hybridized carbons (Fsp3) is 0.400. The largest absolute Gasteiger partial charge is 2.00 e. The van der Waals surface area contributed by atoms with Gasteiger partial charge in [0.25, 0.3) is 0 Å². The zero-order chi connectivity index (χ0) is 16.3. The zero-order valence-corrected chi connectivity index (χ0v) is 11.8. The molecule has 0 rings (SSSR count). The van der Waals surface area contributed by atoms with E-state index in [0.29, 0.717) is 0 Å². The summed E-state index contributed by atoms with van der Waals surface area (Å²) in [5.41, 5.74) is 0. The molecular formula is C10H10NiO10. The Morgan fingerprint density at radius 3 is 1.10 bits per heavy atom. The second kappa shape index (κ2) is 12.7. The predicted molar refractivity (Wildman–Crippen MR) is 53.3 cm³/mol. The van der Waals surface area contributed by atoms with Crippen LogP contribution in [0.1, 0.15) is 13.8 Å². The van der Waals surface area contributed by atoms with Gasteiger partial charge in [-0.25, -0.2) is 0 Å². The molecule has 0 fully saturated rings. The molecule has 0 aliphatic carbocycles. The third-order valence-corrected chi connectivity index (χ3v) is 1.27. The molecule has 0 saturated heterocycles. The number of carbonyl (C=O) groups is 6. The minimum absolute atomic E-state index is 0. The van der Waals surface area contributed by atoms with Crippen LogP contribution in [-0.2, 0) is 54.7 Å². The van der Waals surface area contributed by atoms with E-state index < -0.39 is 48.7 Å². The Labute approximate surface area is 128 Å². The molecule has 0 atom stereocenters. The van der Waals surface area contributed by atoms with E-state index in [-0.39, 0.29) is 16.5 Å². The summed E-state index contributed by atoms with van der Waals surface area (Å²) in [6.45, 7) is 0.639. The second-order valence-corrected chi connectivity index (χ2v) is 2.98. The number of rotatable bonds is 6. The summed E-state index contributed by atoms with van der Waals surface area (Å²) in [4.78, 5) is 59.5. The summed E-state index contributed by atoms with van der Waals surface area (Å²) in [5, 5.41) is 19.3. The van der Waals surface area contributed by atoms with Crippen molar-refractivity contribution in [2.75, 3.05) is 13.2 Å². The monoisotopic (exact) mass is 348 g/mol. The number of hydrogen-bond donors (Lipinski definition) is 0. The average Bonchev–Trinajstić information content (AvgIpc) is 2.33. The third-order valence-electron chi connectivity index (χ3n) is 1.27. The van der Waals surface area contributed by atoms with Crippen LogP contribution >= 0.6 is 0 Å². The number of hydrogen-bond acceptors (Lipinski definition) is 10. The van der Waals surface area contributed by atoms with Crippen molar-refractivity contribution in [3.05, 3.63) is 0 Å². The first-order valence-corrected chi connectivity index (χ1v) is 4.83. The Balaban J connectivity index is -0.000000295. The van der Waals surface area contributed by atoms with Gasteiger partial charge in [-0.3, -0.25) is 19.2 Å². The van der Waals surface area contributed by atoms with Crippen LogP contribution in [0.2, 0.25) is 0 Å². The molecule has 11 heteroatoms. The quantitative estimate of drug-likeness (QED) is 0.260. The van der Waals surface area contributed by atoms with Crippen molar-refractivity contribution < 1.29 is 64.9 Å². The van der Waals surface area contributed by atoms with Crippen LogP contribution in [0.4, 0.5) is 0 Å². The number of aliphatic carboxylic acids is 2. The van der Waals surface area contributed by atoms with E-state index in [1.54, 1.807) is 0 Å². The van der Waals surface area contributed by atoms with Crippen molar-refractivity contribution in [3.8, 4) is 0 Å². The molecule has 0 aromatic rings. The van der Waals surface area contributed by atoms with Crippen molar-refractivity contribution in [1.29, 1.82) is 0 Å². The molecule has 0 spiro atoms. The van der Waals surface area contributed by atoms with Crippen molar-refractivity contribution in [2.24, 2.45) is 0 Å². The van der Waals surface area contributed by atoms with Gasteiger partial charge in [0.15, 0.2) is 13.2 Å². The molecule has 0 radical (unpaired) electrons. The molecule has 21 heavy (non-hydrogen) atoms. The second-order valence-electron chi connectivity index (χ2n) is 2.98. The summed E-state index contributed by atoms with van der Waals surface area (Å²) < 4.78 is 8.11. The maximum Gasteiger partial charge on any atom is 2.00 e. The molecule has 0 aromatic heterocycles. The predicted octanol–water partition coefficient (Wildman–Crippen LogP) is -4.27. The molecule has 0 amide bonds. The summed E-state index contributed by atoms with van der Waals surface area (Å²) in [7, 11) is 0. The van der Waals surface area contributed by atoms with Crippen molar-refractivity contribution in [1.82, 2.24) is 0 Å². The Morgan fingerprint density at radius 1 is 0.714 bits per heavy atom. The molecule has 0 aliphatic rings. The number of carboxylic acids is 2. The fourth-order valence-corrected chi connectivity index (χ4v) is 0.452. The van der Waals surface area contributed by atoms with E-state index in [1.165, 1.54) is 0 Å². The number of carboxylic acid groups (broad SMARTS) is 2. The minimum Gasteiger partial charge on any atom is -0.542 e. The average molecular weight is 349 g/mol. The summed E-state index contributed by atoms with van der Waals surface area (Å²) in [6.07, 6.45) is 0. The third kappa shape index (κ3) is 17.7. The summed E-state index contributed by atoms with van der Waals surface area (Å²) in [5.74, 6) is -7.57. The first-order chi connectivity index (χ1) is 9.07. The van der Waals surface area contributed by atoms with Gasteiger partial charge in [0.2, 0.25) is 11.6 Å². The molecule has 10 nitrogen and oxygen atoms in total. The number of ether oxygens (including phenoxy) is 2. The number of Topliss-reactive ketones (excluding diaryl/α,β-unsaturated/α-hetero) is 2. The molecule has 0 aromatic carbocycles. The van der Waals surface area contributed by atoms with E-state index in [0.717, 1.165) is 13.8 Å². The Hall–Kier alpha value is -2.29. The van der Waals surface area contributed by atoms with Crippen LogP contribution in [0, 0.1) is 0 Å². The van der Waals surface area contributed by atoms with Crippen LogP contribution in [0.15, 0.2) is 0 Å². The Bertz CT molecular complexity index is 388. The molecule has 0 bridgehead atoms. The maximum absolute atomic E-state index is 10.1. The van der Waals surface area contributed by atoms with Gasteiger partial charge >= 0.3 is 28.4 Å². The summed E-state index contributed by atoms with van der Waals surface area (Å²) in [6, 6.07) is 0. The standard InChI is InChI=1S/2C5H6O5.Ni/c2*1-3(6)10-2-4(7)5(8)9;/h2*2H2,1H3,(H,8,9);/q;;+2/p-2.